The molecule has 0 bridgehead atoms. The van der Waals surface area contributed by atoms with Gasteiger partial charge in [0.1, 0.15) is 0 Å². The fourth-order valence-electron chi connectivity index (χ4n) is 2.10. The summed E-state index contributed by atoms with van der Waals surface area (Å²) < 4.78 is 7.01. The number of nitrogens with zero attached hydrogens (tertiary/aromatic N) is 4. The van der Waals surface area contributed by atoms with Crippen LogP contribution in [0.1, 0.15) is 23.8 Å². The van der Waals surface area contributed by atoms with Crippen LogP contribution in [0.4, 0.5) is 0 Å². The van der Waals surface area contributed by atoms with Crippen molar-refractivity contribution < 1.29 is 14.6 Å². The Morgan fingerprint density at radius 1 is 1.61 bits per heavy atom. The lowest BCUT2D eigenvalue weighted by atomic mass is 10.2. The van der Waals surface area contributed by atoms with Gasteiger partial charge in [0.2, 0.25) is 0 Å². The van der Waals surface area contributed by atoms with Crippen LogP contribution in [-0.4, -0.2) is 63.3 Å². The summed E-state index contributed by atoms with van der Waals surface area (Å²) in [4.78, 5) is 13.0. The van der Waals surface area contributed by atoms with Gasteiger partial charge in [0.05, 0.1) is 26.0 Å². The lowest BCUT2D eigenvalue weighted by Gasteiger charge is -2.34. The molecular formula is C11H18N4O3. The standard InChI is InChI=1S/C11H18N4O3/c1-2-9-8-18-6-5-14(9)3-4-15-7-10(11(16)17)12-13-15/h7,9H,2-6,8H2,1H3,(H,16,17). The number of ether oxygens (including phenoxy) is 1. The van der Waals surface area contributed by atoms with Gasteiger partial charge in [0.25, 0.3) is 0 Å². The fourth-order valence-corrected chi connectivity index (χ4v) is 2.10. The SMILES string of the molecule is CCC1COCCN1CCn1cc(C(=O)O)nn1. The van der Waals surface area contributed by atoms with Crippen LogP contribution in [0.3, 0.4) is 0 Å². The van der Waals surface area contributed by atoms with E-state index in [0.717, 1.165) is 32.7 Å². The summed E-state index contributed by atoms with van der Waals surface area (Å²) in [6.45, 7) is 6.08. The van der Waals surface area contributed by atoms with Crippen LogP contribution in [-0.2, 0) is 11.3 Å². The van der Waals surface area contributed by atoms with Gasteiger partial charge in [-0.1, -0.05) is 12.1 Å². The van der Waals surface area contributed by atoms with Crippen molar-refractivity contribution in [1.29, 1.82) is 0 Å². The Bertz CT molecular complexity index is 407. The number of rotatable bonds is 5. The molecule has 0 radical (unpaired) electrons. The van der Waals surface area contributed by atoms with E-state index in [1.807, 2.05) is 0 Å². The Morgan fingerprint density at radius 2 is 2.44 bits per heavy atom. The van der Waals surface area contributed by atoms with Gasteiger partial charge in [-0.2, -0.15) is 0 Å². The number of carbonyl (C=O) groups is 1. The zero-order valence-electron chi connectivity index (χ0n) is 10.4. The van der Waals surface area contributed by atoms with E-state index in [1.54, 1.807) is 4.68 Å². The van der Waals surface area contributed by atoms with E-state index in [0.29, 0.717) is 12.6 Å². The van der Waals surface area contributed by atoms with Gasteiger partial charge in [-0.15, -0.1) is 5.10 Å². The molecule has 0 aliphatic carbocycles. The number of aromatic nitrogens is 3. The second-order valence-electron chi connectivity index (χ2n) is 4.34. The molecule has 0 spiro atoms. The van der Waals surface area contributed by atoms with E-state index in [4.69, 9.17) is 9.84 Å². The normalized spacial score (nSPS) is 21.1. The molecule has 2 heterocycles. The van der Waals surface area contributed by atoms with Crippen LogP contribution < -0.4 is 0 Å². The van der Waals surface area contributed by atoms with Gasteiger partial charge in [0.15, 0.2) is 5.69 Å². The Labute approximate surface area is 105 Å². The molecule has 7 nitrogen and oxygen atoms in total. The van der Waals surface area contributed by atoms with Crippen molar-refractivity contribution in [2.45, 2.75) is 25.9 Å². The van der Waals surface area contributed by atoms with Crippen LogP contribution in [0, 0.1) is 0 Å². The summed E-state index contributed by atoms with van der Waals surface area (Å²) in [5.41, 5.74) is -0.0102. The van der Waals surface area contributed by atoms with Gasteiger partial charge in [-0.3, -0.25) is 9.58 Å². The number of hydrogen-bond donors (Lipinski definition) is 1. The lowest BCUT2D eigenvalue weighted by Crippen LogP contribution is -2.46. The smallest absolute Gasteiger partial charge is 0.358 e. The van der Waals surface area contributed by atoms with Crippen LogP contribution in [0.2, 0.25) is 0 Å². The molecule has 1 aliphatic heterocycles. The summed E-state index contributed by atoms with van der Waals surface area (Å²) in [6, 6.07) is 0.446. The molecule has 1 N–H and O–H groups in total. The Kier molecular flexibility index (Phi) is 4.27. The van der Waals surface area contributed by atoms with E-state index >= 15 is 0 Å². The maximum absolute atomic E-state index is 10.7. The number of morpholine rings is 1. The summed E-state index contributed by atoms with van der Waals surface area (Å²) in [6.07, 6.45) is 2.52. The van der Waals surface area contributed by atoms with E-state index in [9.17, 15) is 4.79 Å². The first-order chi connectivity index (χ1) is 8.70. The van der Waals surface area contributed by atoms with E-state index in [-0.39, 0.29) is 5.69 Å². The average Bonchev–Trinajstić information content (AvgIpc) is 2.85. The predicted molar refractivity (Wildman–Crippen MR) is 63.5 cm³/mol. The molecule has 18 heavy (non-hydrogen) atoms. The maximum atomic E-state index is 10.7. The quantitative estimate of drug-likeness (QED) is 0.802. The zero-order chi connectivity index (χ0) is 13.0. The van der Waals surface area contributed by atoms with Crippen molar-refractivity contribution >= 4 is 5.97 Å². The first kappa shape index (κ1) is 13.0. The molecule has 1 aliphatic rings. The van der Waals surface area contributed by atoms with Crippen LogP contribution in [0.5, 0.6) is 0 Å². The molecule has 1 saturated heterocycles. The highest BCUT2D eigenvalue weighted by atomic mass is 16.5. The lowest BCUT2D eigenvalue weighted by molar-refractivity contribution is -0.0103. The largest absolute Gasteiger partial charge is 0.476 e. The van der Waals surface area contributed by atoms with Crippen LogP contribution >= 0.6 is 0 Å². The average molecular weight is 254 g/mol. The van der Waals surface area contributed by atoms with Crippen LogP contribution in [0.15, 0.2) is 6.20 Å². The maximum Gasteiger partial charge on any atom is 0.358 e. The zero-order valence-corrected chi connectivity index (χ0v) is 10.4. The summed E-state index contributed by atoms with van der Waals surface area (Å²) >= 11 is 0. The molecule has 0 amide bonds. The minimum absolute atomic E-state index is 0.0102. The molecular weight excluding hydrogens is 236 g/mol. The Balaban J connectivity index is 1.87. The van der Waals surface area contributed by atoms with Crippen LogP contribution in [0.25, 0.3) is 0 Å². The van der Waals surface area contributed by atoms with E-state index < -0.39 is 5.97 Å². The Hall–Kier alpha value is -1.47. The fraction of sp³-hybridized carbons (Fsp3) is 0.727. The third kappa shape index (κ3) is 3.05. The molecule has 2 rings (SSSR count). The molecule has 1 unspecified atom stereocenters. The first-order valence-electron chi connectivity index (χ1n) is 6.16. The Morgan fingerprint density at radius 3 is 3.11 bits per heavy atom. The van der Waals surface area contributed by atoms with Crippen molar-refractivity contribution in [2.24, 2.45) is 0 Å². The van der Waals surface area contributed by atoms with E-state index in [2.05, 4.69) is 22.1 Å². The molecule has 0 aromatic carbocycles. The first-order valence-corrected chi connectivity index (χ1v) is 6.16. The van der Waals surface area contributed by atoms with Crippen molar-refractivity contribution in [3.63, 3.8) is 0 Å². The van der Waals surface area contributed by atoms with Gasteiger partial charge in [0, 0.05) is 19.1 Å². The summed E-state index contributed by atoms with van der Waals surface area (Å²) in [5.74, 6) is -1.04. The second kappa shape index (κ2) is 5.92. The molecule has 1 aromatic heterocycles. The molecule has 1 aromatic rings. The van der Waals surface area contributed by atoms with Crippen molar-refractivity contribution in [1.82, 2.24) is 19.9 Å². The van der Waals surface area contributed by atoms with Crippen molar-refractivity contribution in [3.8, 4) is 0 Å². The highest BCUT2D eigenvalue weighted by molar-refractivity contribution is 5.84. The summed E-state index contributed by atoms with van der Waals surface area (Å²) in [7, 11) is 0. The van der Waals surface area contributed by atoms with Crippen molar-refractivity contribution in [2.75, 3.05) is 26.3 Å². The van der Waals surface area contributed by atoms with Gasteiger partial charge in [-0.25, -0.2) is 4.79 Å². The number of aromatic carboxylic acids is 1. The predicted octanol–water partition coefficient (Wildman–Crippen LogP) is 0.0871. The summed E-state index contributed by atoms with van der Waals surface area (Å²) in [5, 5.41) is 16.1. The molecule has 1 atom stereocenters. The second-order valence-corrected chi connectivity index (χ2v) is 4.34. The molecule has 7 heteroatoms. The molecule has 100 valence electrons. The number of carboxylic acid groups (broad SMARTS) is 1. The van der Waals surface area contributed by atoms with Gasteiger partial charge >= 0.3 is 5.97 Å². The highest BCUT2D eigenvalue weighted by Gasteiger charge is 2.21. The topological polar surface area (TPSA) is 80.5 Å². The monoisotopic (exact) mass is 254 g/mol. The molecule has 0 saturated carbocycles. The third-order valence-corrected chi connectivity index (χ3v) is 3.19. The number of carboxylic acids is 1. The van der Waals surface area contributed by atoms with E-state index in [1.165, 1.54) is 6.20 Å². The van der Waals surface area contributed by atoms with Gasteiger partial charge < -0.3 is 9.84 Å². The molecule has 1 fully saturated rings. The van der Waals surface area contributed by atoms with Gasteiger partial charge in [-0.05, 0) is 6.42 Å². The number of hydrogen-bond acceptors (Lipinski definition) is 5. The van der Waals surface area contributed by atoms with Crippen molar-refractivity contribution in [3.05, 3.63) is 11.9 Å². The third-order valence-electron chi connectivity index (χ3n) is 3.19. The minimum atomic E-state index is -1.04. The minimum Gasteiger partial charge on any atom is -0.476 e. The highest BCUT2D eigenvalue weighted by Crippen LogP contribution is 2.09.